The summed E-state index contributed by atoms with van der Waals surface area (Å²) in [7, 11) is 0. The number of benzene rings is 1. The number of carbonyl (C=O) groups is 1. The number of esters is 1. The van der Waals surface area contributed by atoms with Crippen molar-refractivity contribution >= 4 is 33.5 Å². The highest BCUT2D eigenvalue weighted by atomic mass is 79.9. The molecule has 0 aromatic heterocycles. The number of rotatable bonds is 4. The predicted octanol–water partition coefficient (Wildman–Crippen LogP) is 3.00. The van der Waals surface area contributed by atoms with Gasteiger partial charge in [-0.15, -0.1) is 0 Å². The van der Waals surface area contributed by atoms with Gasteiger partial charge in [-0.3, -0.25) is 0 Å². The van der Waals surface area contributed by atoms with E-state index < -0.39 is 16.7 Å². The zero-order valence-electron chi connectivity index (χ0n) is 8.99. The standard InChI is InChI=1S/C11H11BrClFO3/c1-2-17-10(16)11(12,14)9(15)7-3-5-8(13)6-4-7/h3-6,9,15H,2H2,1H3/t9-,11-/m0/s1. The molecule has 0 bridgehead atoms. The van der Waals surface area contributed by atoms with Gasteiger partial charge in [0.05, 0.1) is 6.61 Å². The first kappa shape index (κ1) is 14.4. The van der Waals surface area contributed by atoms with E-state index in [2.05, 4.69) is 20.7 Å². The number of aliphatic hydroxyl groups is 1. The van der Waals surface area contributed by atoms with Crippen molar-refractivity contribution in [2.24, 2.45) is 0 Å². The van der Waals surface area contributed by atoms with Crippen molar-refractivity contribution in [3.05, 3.63) is 34.9 Å². The van der Waals surface area contributed by atoms with E-state index in [1.54, 1.807) is 6.92 Å². The van der Waals surface area contributed by atoms with Crippen molar-refractivity contribution in [2.45, 2.75) is 17.6 Å². The Bertz CT molecular complexity index is 394. The average Bonchev–Trinajstić information content (AvgIpc) is 2.29. The summed E-state index contributed by atoms with van der Waals surface area (Å²) < 4.78 is 15.9. The molecule has 94 valence electrons. The molecule has 0 unspecified atom stereocenters. The van der Waals surface area contributed by atoms with Crippen molar-refractivity contribution < 1.29 is 19.0 Å². The van der Waals surface area contributed by atoms with Crippen molar-refractivity contribution in [2.75, 3.05) is 6.61 Å². The minimum absolute atomic E-state index is 0.0312. The highest BCUT2D eigenvalue weighted by Gasteiger charge is 2.45. The molecule has 1 aromatic rings. The summed E-state index contributed by atoms with van der Waals surface area (Å²) in [5.74, 6) is -1.16. The summed E-state index contributed by atoms with van der Waals surface area (Å²) in [5, 5.41) is 10.2. The van der Waals surface area contributed by atoms with Crippen molar-refractivity contribution in [1.82, 2.24) is 0 Å². The smallest absolute Gasteiger partial charge is 0.358 e. The maximum atomic E-state index is 14.0. The van der Waals surface area contributed by atoms with Gasteiger partial charge in [-0.2, -0.15) is 0 Å². The number of aliphatic hydroxyl groups excluding tert-OH is 1. The van der Waals surface area contributed by atoms with Crippen molar-refractivity contribution in [3.8, 4) is 0 Å². The largest absolute Gasteiger partial charge is 0.463 e. The van der Waals surface area contributed by atoms with E-state index in [0.717, 1.165) is 0 Å². The zero-order chi connectivity index (χ0) is 13.1. The molecule has 0 aliphatic carbocycles. The molecule has 0 fully saturated rings. The molecule has 6 heteroatoms. The van der Waals surface area contributed by atoms with Crippen LogP contribution in [0.2, 0.25) is 5.02 Å². The maximum Gasteiger partial charge on any atom is 0.358 e. The molecule has 0 aliphatic heterocycles. The summed E-state index contributed by atoms with van der Waals surface area (Å²) in [6, 6.07) is 5.85. The van der Waals surface area contributed by atoms with Gasteiger partial charge in [-0.1, -0.05) is 23.7 Å². The van der Waals surface area contributed by atoms with Crippen LogP contribution >= 0.6 is 27.5 Å². The fraction of sp³-hybridized carbons (Fsp3) is 0.364. The molecule has 0 spiro atoms. The van der Waals surface area contributed by atoms with E-state index in [4.69, 9.17) is 11.6 Å². The second kappa shape index (κ2) is 5.80. The zero-order valence-corrected chi connectivity index (χ0v) is 11.3. The lowest BCUT2D eigenvalue weighted by Crippen LogP contribution is -2.35. The van der Waals surface area contributed by atoms with E-state index in [1.807, 2.05) is 0 Å². The van der Waals surface area contributed by atoms with Crippen molar-refractivity contribution in [1.29, 1.82) is 0 Å². The SMILES string of the molecule is CCOC(=O)[C@](F)(Br)[C@@H](O)c1ccc(Cl)cc1. The van der Waals surface area contributed by atoms with Gasteiger partial charge in [0, 0.05) is 5.02 Å². The molecule has 2 atom stereocenters. The first-order valence-corrected chi connectivity index (χ1v) is 6.05. The molecule has 17 heavy (non-hydrogen) atoms. The molecular weight excluding hydrogens is 314 g/mol. The number of halogens is 3. The van der Waals surface area contributed by atoms with Crippen LogP contribution in [0, 0.1) is 0 Å². The van der Waals surface area contributed by atoms with Crippen LogP contribution in [0.3, 0.4) is 0 Å². The molecule has 1 N–H and O–H groups in total. The van der Waals surface area contributed by atoms with Gasteiger partial charge in [-0.05, 0) is 40.5 Å². The lowest BCUT2D eigenvalue weighted by Gasteiger charge is -2.22. The minimum atomic E-state index is -2.67. The molecule has 3 nitrogen and oxygen atoms in total. The normalized spacial score (nSPS) is 16.1. The van der Waals surface area contributed by atoms with E-state index in [9.17, 15) is 14.3 Å². The fourth-order valence-corrected chi connectivity index (χ4v) is 1.70. The molecule has 0 amide bonds. The van der Waals surface area contributed by atoms with Gasteiger partial charge in [0.15, 0.2) is 0 Å². The maximum absolute atomic E-state index is 14.0. The second-order valence-electron chi connectivity index (χ2n) is 3.30. The molecule has 0 heterocycles. The lowest BCUT2D eigenvalue weighted by molar-refractivity contribution is -0.156. The molecule has 0 saturated heterocycles. The van der Waals surface area contributed by atoms with Gasteiger partial charge in [0.25, 0.3) is 4.58 Å². The molecule has 0 aliphatic rings. The van der Waals surface area contributed by atoms with Crippen LogP contribution in [0.4, 0.5) is 4.39 Å². The number of alkyl halides is 2. The van der Waals surface area contributed by atoms with Crippen molar-refractivity contribution in [3.63, 3.8) is 0 Å². The summed E-state index contributed by atoms with van der Waals surface area (Å²) in [6.45, 7) is 1.58. The molecular formula is C11H11BrClFO3. The van der Waals surface area contributed by atoms with E-state index in [0.29, 0.717) is 5.02 Å². The topological polar surface area (TPSA) is 46.5 Å². The molecule has 1 aromatic carbocycles. The van der Waals surface area contributed by atoms with E-state index in [1.165, 1.54) is 24.3 Å². The Morgan fingerprint density at radius 2 is 2.12 bits per heavy atom. The Kier molecular flexibility index (Phi) is 4.91. The first-order valence-electron chi connectivity index (χ1n) is 4.88. The first-order chi connectivity index (χ1) is 7.89. The average molecular weight is 326 g/mol. The highest BCUT2D eigenvalue weighted by Crippen LogP contribution is 2.36. The Labute approximate surface area is 112 Å². The lowest BCUT2D eigenvalue weighted by atomic mass is 10.1. The number of hydrogen-bond acceptors (Lipinski definition) is 3. The summed E-state index contributed by atoms with van der Waals surface area (Å²) in [5.41, 5.74) is 0.224. The minimum Gasteiger partial charge on any atom is -0.463 e. The summed E-state index contributed by atoms with van der Waals surface area (Å²) in [4.78, 5) is 11.3. The van der Waals surface area contributed by atoms with Gasteiger partial charge in [0.1, 0.15) is 6.10 Å². The van der Waals surface area contributed by atoms with Crippen LogP contribution in [0.25, 0.3) is 0 Å². The van der Waals surface area contributed by atoms with E-state index in [-0.39, 0.29) is 12.2 Å². The summed E-state index contributed by atoms with van der Waals surface area (Å²) in [6.07, 6.45) is -1.67. The van der Waals surface area contributed by atoms with Crippen LogP contribution in [0.1, 0.15) is 18.6 Å². The van der Waals surface area contributed by atoms with Gasteiger partial charge >= 0.3 is 5.97 Å². The van der Waals surface area contributed by atoms with Gasteiger partial charge in [-0.25, -0.2) is 9.18 Å². The fourth-order valence-electron chi connectivity index (χ4n) is 1.19. The molecule has 1 rings (SSSR count). The van der Waals surface area contributed by atoms with Crippen LogP contribution < -0.4 is 0 Å². The third-order valence-electron chi connectivity index (χ3n) is 2.08. The van der Waals surface area contributed by atoms with E-state index >= 15 is 0 Å². The number of ether oxygens (including phenoxy) is 1. The van der Waals surface area contributed by atoms with Gasteiger partial charge in [0.2, 0.25) is 0 Å². The van der Waals surface area contributed by atoms with Gasteiger partial charge < -0.3 is 9.84 Å². The highest BCUT2D eigenvalue weighted by molar-refractivity contribution is 9.10. The van der Waals surface area contributed by atoms with Crippen LogP contribution in [0.15, 0.2) is 24.3 Å². The number of carbonyl (C=O) groups excluding carboxylic acids is 1. The third-order valence-corrected chi connectivity index (χ3v) is 3.09. The predicted molar refractivity (Wildman–Crippen MR) is 65.8 cm³/mol. The number of hydrogen-bond donors (Lipinski definition) is 1. The van der Waals surface area contributed by atoms with Crippen LogP contribution in [-0.4, -0.2) is 22.3 Å². The second-order valence-corrected chi connectivity index (χ2v) is 4.89. The Morgan fingerprint density at radius 1 is 1.59 bits per heavy atom. The Hall–Kier alpha value is -0.650. The quantitative estimate of drug-likeness (QED) is 0.684. The Balaban J connectivity index is 2.91. The Morgan fingerprint density at radius 3 is 2.59 bits per heavy atom. The monoisotopic (exact) mass is 324 g/mol. The summed E-state index contributed by atoms with van der Waals surface area (Å²) >= 11 is 8.21. The van der Waals surface area contributed by atoms with Crippen LogP contribution in [-0.2, 0) is 9.53 Å². The molecule has 0 saturated carbocycles. The third kappa shape index (κ3) is 3.40. The molecule has 0 radical (unpaired) electrons. The van der Waals surface area contributed by atoms with Crippen LogP contribution in [0.5, 0.6) is 0 Å².